The number of benzene rings is 2. The van der Waals surface area contributed by atoms with E-state index in [9.17, 15) is 9.59 Å². The standard InChI is InChI=1S/C19H23N3O2/c1-2-18(23)20-13-16-9-6-10-17(11-16)14-22-19(24)21-12-15-7-4-3-5-8-15/h3-11H,2,12-14H2,1H3,(H,20,23)(H2,21,22,24). The van der Waals surface area contributed by atoms with E-state index in [1.54, 1.807) is 0 Å². The highest BCUT2D eigenvalue weighted by molar-refractivity contribution is 5.75. The van der Waals surface area contributed by atoms with Gasteiger partial charge in [-0.25, -0.2) is 4.79 Å². The maximum absolute atomic E-state index is 11.8. The fourth-order valence-corrected chi connectivity index (χ4v) is 2.20. The summed E-state index contributed by atoms with van der Waals surface area (Å²) in [7, 11) is 0. The first-order valence-corrected chi connectivity index (χ1v) is 8.07. The van der Waals surface area contributed by atoms with Gasteiger partial charge >= 0.3 is 6.03 Å². The minimum Gasteiger partial charge on any atom is -0.352 e. The van der Waals surface area contributed by atoms with Gasteiger partial charge in [0.25, 0.3) is 0 Å². The fraction of sp³-hybridized carbons (Fsp3) is 0.263. The van der Waals surface area contributed by atoms with Gasteiger partial charge in [0.1, 0.15) is 0 Å². The van der Waals surface area contributed by atoms with Gasteiger partial charge in [0, 0.05) is 26.1 Å². The van der Waals surface area contributed by atoms with Gasteiger partial charge in [-0.2, -0.15) is 0 Å². The van der Waals surface area contributed by atoms with Gasteiger partial charge in [-0.3, -0.25) is 4.79 Å². The summed E-state index contributed by atoms with van der Waals surface area (Å²) < 4.78 is 0. The normalized spacial score (nSPS) is 10.0. The Kier molecular flexibility index (Phi) is 6.83. The highest BCUT2D eigenvalue weighted by Gasteiger charge is 2.02. The smallest absolute Gasteiger partial charge is 0.315 e. The van der Waals surface area contributed by atoms with Gasteiger partial charge in [-0.15, -0.1) is 0 Å². The zero-order valence-corrected chi connectivity index (χ0v) is 13.8. The topological polar surface area (TPSA) is 70.2 Å². The molecule has 0 aromatic heterocycles. The molecule has 3 N–H and O–H groups in total. The molecule has 0 aliphatic rings. The number of amides is 3. The van der Waals surface area contributed by atoms with Crippen LogP contribution in [0.2, 0.25) is 0 Å². The van der Waals surface area contributed by atoms with Crippen molar-refractivity contribution in [2.75, 3.05) is 0 Å². The molecule has 0 spiro atoms. The predicted octanol–water partition coefficient (Wildman–Crippen LogP) is 2.71. The second kappa shape index (κ2) is 9.35. The molecule has 0 atom stereocenters. The molecule has 24 heavy (non-hydrogen) atoms. The first kappa shape index (κ1) is 17.5. The molecule has 0 saturated carbocycles. The van der Waals surface area contributed by atoms with E-state index >= 15 is 0 Å². The molecule has 2 aromatic carbocycles. The summed E-state index contributed by atoms with van der Waals surface area (Å²) in [5, 5.41) is 8.50. The summed E-state index contributed by atoms with van der Waals surface area (Å²) in [6, 6.07) is 17.4. The summed E-state index contributed by atoms with van der Waals surface area (Å²) in [6.45, 7) is 3.26. The average molecular weight is 325 g/mol. The lowest BCUT2D eigenvalue weighted by molar-refractivity contribution is -0.120. The molecule has 2 aromatic rings. The number of urea groups is 1. The Morgan fingerprint density at radius 3 is 1.92 bits per heavy atom. The Labute approximate surface area is 142 Å². The SMILES string of the molecule is CCC(=O)NCc1cccc(CNC(=O)NCc2ccccc2)c1. The highest BCUT2D eigenvalue weighted by Crippen LogP contribution is 2.05. The van der Waals surface area contributed by atoms with Crippen molar-refractivity contribution >= 4 is 11.9 Å². The van der Waals surface area contributed by atoms with Crippen LogP contribution in [-0.4, -0.2) is 11.9 Å². The number of nitrogens with one attached hydrogen (secondary N) is 3. The molecule has 0 fully saturated rings. The molecule has 5 nitrogen and oxygen atoms in total. The molecule has 126 valence electrons. The summed E-state index contributed by atoms with van der Waals surface area (Å²) in [4.78, 5) is 23.1. The third kappa shape index (κ3) is 6.12. The zero-order valence-electron chi connectivity index (χ0n) is 13.8. The van der Waals surface area contributed by atoms with Crippen molar-refractivity contribution < 1.29 is 9.59 Å². The molecular weight excluding hydrogens is 302 g/mol. The molecule has 0 saturated heterocycles. The van der Waals surface area contributed by atoms with Crippen LogP contribution < -0.4 is 16.0 Å². The van der Waals surface area contributed by atoms with Crippen molar-refractivity contribution in [3.05, 3.63) is 71.3 Å². The Balaban J connectivity index is 1.76. The van der Waals surface area contributed by atoms with Crippen LogP contribution in [0.15, 0.2) is 54.6 Å². The van der Waals surface area contributed by atoms with Gasteiger partial charge in [0.15, 0.2) is 0 Å². The van der Waals surface area contributed by atoms with E-state index in [4.69, 9.17) is 0 Å². The van der Waals surface area contributed by atoms with Crippen molar-refractivity contribution in [1.82, 2.24) is 16.0 Å². The van der Waals surface area contributed by atoms with Crippen LogP contribution in [0.25, 0.3) is 0 Å². The van der Waals surface area contributed by atoms with E-state index in [2.05, 4.69) is 16.0 Å². The molecule has 0 radical (unpaired) electrons. The first-order valence-electron chi connectivity index (χ1n) is 8.07. The molecule has 2 rings (SSSR count). The minimum absolute atomic E-state index is 0.0267. The van der Waals surface area contributed by atoms with Crippen LogP contribution in [0.3, 0.4) is 0 Å². The maximum Gasteiger partial charge on any atom is 0.315 e. The van der Waals surface area contributed by atoms with E-state index in [0.717, 1.165) is 16.7 Å². The molecule has 3 amide bonds. The fourth-order valence-electron chi connectivity index (χ4n) is 2.20. The van der Waals surface area contributed by atoms with Gasteiger partial charge in [0.05, 0.1) is 0 Å². The quantitative estimate of drug-likeness (QED) is 0.732. The molecule has 0 heterocycles. The van der Waals surface area contributed by atoms with Crippen molar-refractivity contribution in [3.8, 4) is 0 Å². The maximum atomic E-state index is 11.8. The van der Waals surface area contributed by atoms with Crippen LogP contribution in [0.4, 0.5) is 4.79 Å². The second-order valence-corrected chi connectivity index (χ2v) is 5.47. The van der Waals surface area contributed by atoms with Crippen LogP contribution >= 0.6 is 0 Å². The van der Waals surface area contributed by atoms with E-state index in [1.807, 2.05) is 61.5 Å². The van der Waals surface area contributed by atoms with Crippen molar-refractivity contribution in [3.63, 3.8) is 0 Å². The molecule has 0 bridgehead atoms. The Bertz CT molecular complexity index is 671. The van der Waals surface area contributed by atoms with Crippen molar-refractivity contribution in [2.24, 2.45) is 0 Å². The summed E-state index contributed by atoms with van der Waals surface area (Å²) in [5.41, 5.74) is 3.07. The lowest BCUT2D eigenvalue weighted by atomic mass is 10.1. The number of carbonyl (C=O) groups excluding carboxylic acids is 2. The largest absolute Gasteiger partial charge is 0.352 e. The summed E-state index contributed by atoms with van der Waals surface area (Å²) in [5.74, 6) is 0.0267. The Hall–Kier alpha value is -2.82. The van der Waals surface area contributed by atoms with E-state index in [-0.39, 0.29) is 11.9 Å². The van der Waals surface area contributed by atoms with Crippen LogP contribution in [0, 0.1) is 0 Å². The van der Waals surface area contributed by atoms with Crippen LogP contribution in [0.1, 0.15) is 30.0 Å². The molecule has 0 unspecified atom stereocenters. The lowest BCUT2D eigenvalue weighted by Gasteiger charge is -2.09. The molecule has 5 heteroatoms. The zero-order chi connectivity index (χ0) is 17.2. The van der Waals surface area contributed by atoms with E-state index < -0.39 is 0 Å². The first-order chi connectivity index (χ1) is 11.7. The number of hydrogen-bond acceptors (Lipinski definition) is 2. The molecule has 0 aliphatic heterocycles. The summed E-state index contributed by atoms with van der Waals surface area (Å²) >= 11 is 0. The number of rotatable bonds is 7. The summed E-state index contributed by atoms with van der Waals surface area (Å²) in [6.07, 6.45) is 0.475. The predicted molar refractivity (Wildman–Crippen MR) is 94.1 cm³/mol. The van der Waals surface area contributed by atoms with Gasteiger partial charge in [-0.05, 0) is 16.7 Å². The molecular formula is C19H23N3O2. The monoisotopic (exact) mass is 325 g/mol. The van der Waals surface area contributed by atoms with Gasteiger partial charge in [-0.1, -0.05) is 61.5 Å². The highest BCUT2D eigenvalue weighted by atomic mass is 16.2. The third-order valence-corrected chi connectivity index (χ3v) is 3.55. The minimum atomic E-state index is -0.205. The van der Waals surface area contributed by atoms with Crippen LogP contribution in [0.5, 0.6) is 0 Å². The number of carbonyl (C=O) groups is 2. The number of hydrogen-bond donors (Lipinski definition) is 3. The second-order valence-electron chi connectivity index (χ2n) is 5.47. The third-order valence-electron chi connectivity index (χ3n) is 3.55. The van der Waals surface area contributed by atoms with E-state index in [0.29, 0.717) is 26.1 Å². The average Bonchev–Trinajstić information content (AvgIpc) is 2.64. The van der Waals surface area contributed by atoms with Crippen LogP contribution in [-0.2, 0) is 24.4 Å². The molecule has 0 aliphatic carbocycles. The Morgan fingerprint density at radius 2 is 1.29 bits per heavy atom. The van der Waals surface area contributed by atoms with Gasteiger partial charge < -0.3 is 16.0 Å². The Morgan fingerprint density at radius 1 is 0.750 bits per heavy atom. The van der Waals surface area contributed by atoms with Gasteiger partial charge in [0.2, 0.25) is 5.91 Å². The van der Waals surface area contributed by atoms with Crippen molar-refractivity contribution in [2.45, 2.75) is 33.0 Å². The van der Waals surface area contributed by atoms with Crippen molar-refractivity contribution in [1.29, 1.82) is 0 Å². The lowest BCUT2D eigenvalue weighted by Crippen LogP contribution is -2.34. The van der Waals surface area contributed by atoms with E-state index in [1.165, 1.54) is 0 Å².